The smallest absolute Gasteiger partial charge is 0.263 e. The van der Waals surface area contributed by atoms with Gasteiger partial charge in [0.15, 0.2) is 5.13 Å². The number of aromatic nitrogens is 1. The predicted molar refractivity (Wildman–Crippen MR) is 121 cm³/mol. The van der Waals surface area contributed by atoms with E-state index in [1.807, 2.05) is 26.0 Å². The molecule has 1 aromatic heterocycles. The van der Waals surface area contributed by atoms with Crippen LogP contribution in [0.15, 0.2) is 58.9 Å². The van der Waals surface area contributed by atoms with Gasteiger partial charge in [0.2, 0.25) is 5.91 Å². The van der Waals surface area contributed by atoms with Gasteiger partial charge in [0.25, 0.3) is 10.0 Å². The molecule has 7 nitrogen and oxygen atoms in total. The van der Waals surface area contributed by atoms with Gasteiger partial charge in [-0.1, -0.05) is 12.1 Å². The molecule has 1 saturated heterocycles. The van der Waals surface area contributed by atoms with E-state index in [4.69, 9.17) is 5.11 Å². The molecule has 0 atom stereocenters. The zero-order valence-electron chi connectivity index (χ0n) is 16.7. The summed E-state index contributed by atoms with van der Waals surface area (Å²) < 4.78 is 26.8. The number of carbonyl (C=O) groups is 1. The van der Waals surface area contributed by atoms with Gasteiger partial charge in [0.1, 0.15) is 5.75 Å². The van der Waals surface area contributed by atoms with Crippen LogP contribution < -0.4 is 9.62 Å². The van der Waals surface area contributed by atoms with Crippen LogP contribution >= 0.6 is 11.3 Å². The van der Waals surface area contributed by atoms with Crippen molar-refractivity contribution >= 4 is 38.1 Å². The van der Waals surface area contributed by atoms with Crippen molar-refractivity contribution in [1.82, 2.24) is 4.98 Å². The second kappa shape index (κ2) is 9.27. The van der Waals surface area contributed by atoms with Crippen LogP contribution in [0.5, 0.6) is 5.75 Å². The number of carbonyl (C=O) groups excluding carboxylic acids is 1. The Bertz CT molecular complexity index is 1120. The molecule has 0 aliphatic carbocycles. The lowest BCUT2D eigenvalue weighted by Gasteiger charge is -2.16. The highest BCUT2D eigenvalue weighted by molar-refractivity contribution is 7.93. The number of hydrogen-bond donors (Lipinski definition) is 2. The number of hydrogen-bond acceptors (Lipinski definition) is 6. The minimum absolute atomic E-state index is 0. The minimum Gasteiger partial charge on any atom is -0.508 e. The maximum atomic E-state index is 12.2. The van der Waals surface area contributed by atoms with Crippen LogP contribution in [-0.4, -0.2) is 31.0 Å². The van der Waals surface area contributed by atoms with Gasteiger partial charge in [0, 0.05) is 31.7 Å². The van der Waals surface area contributed by atoms with Crippen molar-refractivity contribution in [1.29, 1.82) is 0 Å². The fourth-order valence-corrected chi connectivity index (χ4v) is 4.68. The normalized spacial score (nSPS) is 13.7. The number of aromatic hydroxyl groups is 1. The van der Waals surface area contributed by atoms with Gasteiger partial charge >= 0.3 is 0 Å². The summed E-state index contributed by atoms with van der Waals surface area (Å²) in [5, 5.41) is 11.1. The Morgan fingerprint density at radius 3 is 2.43 bits per heavy atom. The molecule has 30 heavy (non-hydrogen) atoms. The van der Waals surface area contributed by atoms with Gasteiger partial charge < -0.3 is 10.0 Å². The topological polar surface area (TPSA) is 99.6 Å². The number of anilines is 2. The van der Waals surface area contributed by atoms with Crippen molar-refractivity contribution in [2.75, 3.05) is 16.2 Å². The van der Waals surface area contributed by atoms with Gasteiger partial charge in [-0.2, -0.15) is 0 Å². The monoisotopic (exact) mass is 447 g/mol. The summed E-state index contributed by atoms with van der Waals surface area (Å²) in [6.45, 7) is 4.52. The number of phenolic OH excluding ortho intramolecular Hbond substituents is 1. The number of sulfonamides is 1. The number of benzene rings is 2. The molecule has 0 saturated carbocycles. The summed E-state index contributed by atoms with van der Waals surface area (Å²) in [5.74, 6) is 0.460. The first kappa shape index (κ1) is 21.8. The van der Waals surface area contributed by atoms with Crippen molar-refractivity contribution in [2.24, 2.45) is 0 Å². The molecule has 0 unspecified atom stereocenters. The molecule has 0 spiro atoms. The summed E-state index contributed by atoms with van der Waals surface area (Å²) >= 11 is 1.21. The number of nitrogens with one attached hydrogen (secondary N) is 1. The van der Waals surface area contributed by atoms with Crippen LogP contribution in [0.3, 0.4) is 0 Å². The summed E-state index contributed by atoms with van der Waals surface area (Å²) in [6.07, 6.45) is 2.92. The number of amides is 1. The Morgan fingerprint density at radius 1 is 1.17 bits per heavy atom. The number of aryl methyl sites for hydroxylation is 2. The molecule has 0 radical (unpaired) electrons. The molecule has 160 valence electrons. The summed E-state index contributed by atoms with van der Waals surface area (Å²) in [7, 11) is -3.64. The predicted octanol–water partition coefficient (Wildman–Crippen LogP) is 4.33. The van der Waals surface area contributed by atoms with Gasteiger partial charge in [-0.25, -0.2) is 13.4 Å². The summed E-state index contributed by atoms with van der Waals surface area (Å²) in [4.78, 5) is 17.4. The first-order valence-electron chi connectivity index (χ1n) is 9.35. The molecule has 4 rings (SSSR count). The number of phenols is 1. The molecular weight excluding hydrogens is 422 g/mol. The lowest BCUT2D eigenvalue weighted by atomic mass is 10.1. The molecule has 2 heterocycles. The van der Waals surface area contributed by atoms with E-state index in [0.29, 0.717) is 23.8 Å². The minimum atomic E-state index is -3.64. The highest BCUT2D eigenvalue weighted by Crippen LogP contribution is 2.24. The van der Waals surface area contributed by atoms with E-state index in [1.54, 1.807) is 28.5 Å². The van der Waals surface area contributed by atoms with Crippen LogP contribution in [0, 0.1) is 13.8 Å². The fraction of sp³-hybridized carbons (Fsp3) is 0.238. The first-order valence-corrected chi connectivity index (χ1v) is 11.7. The molecule has 3 aromatic rings. The molecule has 1 aliphatic rings. The molecule has 9 heteroatoms. The Morgan fingerprint density at radius 2 is 1.90 bits per heavy atom. The zero-order valence-corrected chi connectivity index (χ0v) is 18.3. The quantitative estimate of drug-likeness (QED) is 0.620. The third kappa shape index (κ3) is 5.37. The fourth-order valence-electron chi connectivity index (χ4n) is 2.89. The molecule has 0 bridgehead atoms. The van der Waals surface area contributed by atoms with E-state index in [2.05, 4.69) is 9.71 Å². The van der Waals surface area contributed by atoms with Crippen molar-refractivity contribution in [2.45, 2.75) is 31.6 Å². The largest absolute Gasteiger partial charge is 0.508 e. The summed E-state index contributed by atoms with van der Waals surface area (Å²) in [6, 6.07) is 11.9. The number of rotatable bonds is 4. The van der Waals surface area contributed by atoms with Crippen molar-refractivity contribution in [3.05, 3.63) is 65.2 Å². The van der Waals surface area contributed by atoms with E-state index in [1.165, 1.54) is 29.7 Å². The highest BCUT2D eigenvalue weighted by Gasteiger charge is 2.22. The second-order valence-electron chi connectivity index (χ2n) is 6.88. The first-order chi connectivity index (χ1) is 14.3. The zero-order chi connectivity index (χ0) is 21.7. The maximum Gasteiger partial charge on any atom is 0.263 e. The third-order valence-electron chi connectivity index (χ3n) is 4.55. The van der Waals surface area contributed by atoms with Crippen LogP contribution in [0.1, 0.15) is 25.4 Å². The molecule has 2 aromatic carbocycles. The lowest BCUT2D eigenvalue weighted by molar-refractivity contribution is -0.117. The van der Waals surface area contributed by atoms with E-state index in [-0.39, 0.29) is 12.2 Å². The molecular formula is C21H25N3O4S2. The third-order valence-corrected chi connectivity index (χ3v) is 6.72. The summed E-state index contributed by atoms with van der Waals surface area (Å²) in [5.41, 5.74) is 2.75. The standard InChI is InChI=1S/C13H13N3O3S2.C8H10O.H2/c17-12-2-1-8-16(12)10-3-5-11(6-4-10)21(18,19)15-13-14-7-9-20-13;1-6-3-4-7(2)8(9)5-6;/h3-7,9H,1-2,8H2,(H,14,15);3-5,9H,1-2H3;1H. The van der Waals surface area contributed by atoms with Crippen LogP contribution in [0.2, 0.25) is 0 Å². The molecule has 2 N–H and O–H groups in total. The maximum absolute atomic E-state index is 12.2. The average molecular weight is 448 g/mol. The van der Waals surface area contributed by atoms with Gasteiger partial charge in [-0.15, -0.1) is 11.3 Å². The Kier molecular flexibility index (Phi) is 6.73. The van der Waals surface area contributed by atoms with Crippen LogP contribution in [0.4, 0.5) is 10.8 Å². The van der Waals surface area contributed by atoms with Gasteiger partial charge in [-0.3, -0.25) is 9.52 Å². The SMILES string of the molecule is Cc1ccc(C)c(O)c1.O=C1CCCN1c1ccc(S(=O)(=O)Nc2nccs2)cc1.[HH]. The Hall–Kier alpha value is -2.91. The lowest BCUT2D eigenvalue weighted by Crippen LogP contribution is -2.23. The van der Waals surface area contributed by atoms with E-state index in [9.17, 15) is 13.2 Å². The highest BCUT2D eigenvalue weighted by atomic mass is 32.2. The molecule has 1 aliphatic heterocycles. The molecule has 1 amide bonds. The number of thiazole rings is 1. The van der Waals surface area contributed by atoms with Gasteiger partial charge in [0.05, 0.1) is 4.90 Å². The van der Waals surface area contributed by atoms with E-state index in [0.717, 1.165) is 23.2 Å². The van der Waals surface area contributed by atoms with Crippen LogP contribution in [-0.2, 0) is 14.8 Å². The van der Waals surface area contributed by atoms with E-state index < -0.39 is 10.0 Å². The average Bonchev–Trinajstić information content (AvgIpc) is 3.37. The second-order valence-corrected chi connectivity index (χ2v) is 9.45. The van der Waals surface area contributed by atoms with Gasteiger partial charge in [-0.05, 0) is 61.7 Å². The Balaban J connectivity index is 0.000000289. The van der Waals surface area contributed by atoms with Crippen molar-refractivity contribution in [3.63, 3.8) is 0 Å². The van der Waals surface area contributed by atoms with E-state index >= 15 is 0 Å². The van der Waals surface area contributed by atoms with Crippen LogP contribution in [0.25, 0.3) is 0 Å². The Labute approximate surface area is 181 Å². The van der Waals surface area contributed by atoms with Crippen molar-refractivity contribution < 1.29 is 19.7 Å². The van der Waals surface area contributed by atoms with Crippen molar-refractivity contribution in [3.8, 4) is 5.75 Å². The molecule has 1 fully saturated rings. The number of nitrogens with zero attached hydrogens (tertiary/aromatic N) is 2.